The maximum Gasteiger partial charge on any atom is 0.0224 e. The highest BCUT2D eigenvalue weighted by Gasteiger charge is 2.37. The van der Waals surface area contributed by atoms with Gasteiger partial charge in [-0.2, -0.15) is 11.8 Å². The van der Waals surface area contributed by atoms with Gasteiger partial charge in [0.1, 0.15) is 0 Å². The molecule has 2 atom stereocenters. The molecule has 3 aliphatic rings. The van der Waals surface area contributed by atoms with Crippen molar-refractivity contribution in [3.63, 3.8) is 0 Å². The largest absolute Gasteiger partial charge is 0.298 e. The molecular weight excluding hydrogens is 252 g/mol. The molecule has 0 bridgehead atoms. The third-order valence-corrected chi connectivity index (χ3v) is 6.82. The summed E-state index contributed by atoms with van der Waals surface area (Å²) in [5.41, 5.74) is 0. The van der Waals surface area contributed by atoms with Gasteiger partial charge in [0.25, 0.3) is 0 Å². The first-order valence-corrected chi connectivity index (χ1v) is 9.59. The number of fused-ring (bicyclic) bond motifs is 1. The molecule has 1 saturated carbocycles. The first-order chi connectivity index (χ1) is 9.28. The Kier molecular flexibility index (Phi) is 4.76. The van der Waals surface area contributed by atoms with E-state index in [2.05, 4.69) is 34.7 Å². The van der Waals surface area contributed by atoms with E-state index >= 15 is 0 Å². The lowest BCUT2D eigenvalue weighted by molar-refractivity contribution is -0.0155. The van der Waals surface area contributed by atoms with Crippen LogP contribution in [0.4, 0.5) is 0 Å². The average molecular weight is 282 g/mol. The summed E-state index contributed by atoms with van der Waals surface area (Å²) in [6, 6.07) is 2.55. The predicted octanol–water partition coefficient (Wildman–Crippen LogP) is 3.22. The zero-order valence-corrected chi connectivity index (χ0v) is 13.5. The molecular formula is C16H30N2S. The van der Waals surface area contributed by atoms with Crippen LogP contribution in [0.25, 0.3) is 0 Å². The fourth-order valence-corrected chi connectivity index (χ4v) is 5.24. The van der Waals surface area contributed by atoms with Gasteiger partial charge in [-0.25, -0.2) is 0 Å². The Balaban J connectivity index is 1.58. The van der Waals surface area contributed by atoms with Crippen LogP contribution in [0.15, 0.2) is 0 Å². The summed E-state index contributed by atoms with van der Waals surface area (Å²) in [5.74, 6) is 0. The first-order valence-electron chi connectivity index (χ1n) is 8.30. The van der Waals surface area contributed by atoms with Crippen molar-refractivity contribution in [2.24, 2.45) is 0 Å². The second-order valence-electron chi connectivity index (χ2n) is 6.86. The van der Waals surface area contributed by atoms with Crippen LogP contribution >= 0.6 is 11.8 Å². The molecule has 0 aromatic heterocycles. The van der Waals surface area contributed by atoms with E-state index in [4.69, 9.17) is 0 Å². The fraction of sp³-hybridized carbons (Fsp3) is 1.00. The summed E-state index contributed by atoms with van der Waals surface area (Å²) in [7, 11) is 0. The van der Waals surface area contributed by atoms with Gasteiger partial charge in [0, 0.05) is 36.5 Å². The number of nitrogens with zero attached hydrogens (tertiary/aromatic N) is 2. The van der Waals surface area contributed by atoms with Crippen LogP contribution in [0.1, 0.15) is 51.9 Å². The summed E-state index contributed by atoms with van der Waals surface area (Å²) < 4.78 is 0. The monoisotopic (exact) mass is 282 g/mol. The summed E-state index contributed by atoms with van der Waals surface area (Å²) in [4.78, 5) is 5.65. The van der Waals surface area contributed by atoms with Crippen LogP contribution in [-0.2, 0) is 0 Å². The van der Waals surface area contributed by atoms with Crippen LogP contribution in [0.2, 0.25) is 0 Å². The van der Waals surface area contributed by atoms with Crippen molar-refractivity contribution in [3.05, 3.63) is 0 Å². The molecule has 3 rings (SSSR count). The van der Waals surface area contributed by atoms with Gasteiger partial charge in [-0.3, -0.25) is 9.80 Å². The van der Waals surface area contributed by atoms with Crippen LogP contribution < -0.4 is 0 Å². The summed E-state index contributed by atoms with van der Waals surface area (Å²) in [6.07, 6.45) is 12.4. The molecule has 3 heteroatoms. The quantitative estimate of drug-likeness (QED) is 0.768. The van der Waals surface area contributed by atoms with Crippen molar-refractivity contribution < 1.29 is 0 Å². The third kappa shape index (κ3) is 3.14. The highest BCUT2D eigenvalue weighted by atomic mass is 32.2. The standard InChI is InChI=1S/C16H30N2S/c1-13-11-17-10-4-3-5-15(17)12-18(13)14-6-8-16(19-2)9-7-14/h13-16H,3-12H2,1-2H3. The van der Waals surface area contributed by atoms with Crippen molar-refractivity contribution in [1.29, 1.82) is 0 Å². The molecule has 0 radical (unpaired) electrons. The van der Waals surface area contributed by atoms with E-state index in [0.717, 1.165) is 23.4 Å². The van der Waals surface area contributed by atoms with Crippen LogP contribution in [-0.4, -0.2) is 59.1 Å². The maximum atomic E-state index is 2.88. The summed E-state index contributed by atoms with van der Waals surface area (Å²) in [5, 5.41) is 0.947. The lowest BCUT2D eigenvalue weighted by Gasteiger charge is -2.51. The normalized spacial score (nSPS) is 42.0. The van der Waals surface area contributed by atoms with E-state index in [0.29, 0.717) is 0 Å². The molecule has 19 heavy (non-hydrogen) atoms. The summed E-state index contributed by atoms with van der Waals surface area (Å²) in [6.45, 7) is 6.51. The van der Waals surface area contributed by atoms with Crippen molar-refractivity contribution in [1.82, 2.24) is 9.80 Å². The Bertz CT molecular complexity index is 288. The van der Waals surface area contributed by atoms with Gasteiger partial charge in [-0.15, -0.1) is 0 Å². The lowest BCUT2D eigenvalue weighted by atomic mass is 9.89. The van der Waals surface area contributed by atoms with Gasteiger partial charge in [0.05, 0.1) is 0 Å². The molecule has 110 valence electrons. The molecule has 2 nitrogen and oxygen atoms in total. The number of rotatable bonds is 2. The molecule has 1 aliphatic carbocycles. The second kappa shape index (κ2) is 6.36. The molecule has 0 spiro atoms. The second-order valence-corrected chi connectivity index (χ2v) is 7.99. The molecule has 2 aliphatic heterocycles. The van der Waals surface area contributed by atoms with Gasteiger partial charge in [0.2, 0.25) is 0 Å². The Morgan fingerprint density at radius 3 is 2.42 bits per heavy atom. The predicted molar refractivity (Wildman–Crippen MR) is 84.9 cm³/mol. The van der Waals surface area contributed by atoms with Crippen LogP contribution in [0, 0.1) is 0 Å². The number of hydrogen-bond donors (Lipinski definition) is 0. The van der Waals surface area contributed by atoms with Gasteiger partial charge < -0.3 is 0 Å². The molecule has 0 N–H and O–H groups in total. The first kappa shape index (κ1) is 14.2. The molecule has 3 fully saturated rings. The Morgan fingerprint density at radius 1 is 0.895 bits per heavy atom. The highest BCUT2D eigenvalue weighted by Crippen LogP contribution is 2.33. The van der Waals surface area contributed by atoms with Gasteiger partial charge in [0.15, 0.2) is 0 Å². The van der Waals surface area contributed by atoms with E-state index in [1.54, 1.807) is 0 Å². The molecule has 0 amide bonds. The number of thioether (sulfide) groups is 1. The van der Waals surface area contributed by atoms with Gasteiger partial charge in [-0.05, 0) is 58.2 Å². The molecule has 2 saturated heterocycles. The van der Waals surface area contributed by atoms with E-state index in [1.165, 1.54) is 64.6 Å². The SMILES string of the molecule is CSC1CCC(N2CC3CCCCN3CC2C)CC1. The third-order valence-electron chi connectivity index (χ3n) is 5.68. The minimum Gasteiger partial charge on any atom is -0.298 e. The van der Waals surface area contributed by atoms with Crippen LogP contribution in [0.3, 0.4) is 0 Å². The zero-order chi connectivity index (χ0) is 13.2. The zero-order valence-electron chi connectivity index (χ0n) is 12.7. The van der Waals surface area contributed by atoms with Crippen molar-refractivity contribution >= 4 is 11.8 Å². The molecule has 2 unspecified atom stereocenters. The highest BCUT2D eigenvalue weighted by molar-refractivity contribution is 7.99. The van der Waals surface area contributed by atoms with Crippen LogP contribution in [0.5, 0.6) is 0 Å². The van der Waals surface area contributed by atoms with E-state index in [-0.39, 0.29) is 0 Å². The van der Waals surface area contributed by atoms with E-state index < -0.39 is 0 Å². The van der Waals surface area contributed by atoms with E-state index in [9.17, 15) is 0 Å². The van der Waals surface area contributed by atoms with Gasteiger partial charge >= 0.3 is 0 Å². The number of hydrogen-bond acceptors (Lipinski definition) is 3. The average Bonchev–Trinajstić information content (AvgIpc) is 2.47. The molecule has 2 heterocycles. The Hall–Kier alpha value is 0.270. The Morgan fingerprint density at radius 2 is 1.68 bits per heavy atom. The van der Waals surface area contributed by atoms with Crippen molar-refractivity contribution in [3.8, 4) is 0 Å². The van der Waals surface area contributed by atoms with Crippen molar-refractivity contribution in [2.75, 3.05) is 25.9 Å². The molecule has 0 aromatic rings. The number of piperidine rings is 1. The van der Waals surface area contributed by atoms with Gasteiger partial charge in [-0.1, -0.05) is 6.42 Å². The lowest BCUT2D eigenvalue weighted by Crippen LogP contribution is -2.61. The fourth-order valence-electron chi connectivity index (χ4n) is 4.50. The minimum atomic E-state index is 0.783. The van der Waals surface area contributed by atoms with E-state index in [1.807, 2.05) is 0 Å². The summed E-state index contributed by atoms with van der Waals surface area (Å²) >= 11 is 2.09. The Labute approximate surface area is 123 Å². The maximum absolute atomic E-state index is 2.88. The minimum absolute atomic E-state index is 0.783. The smallest absolute Gasteiger partial charge is 0.0224 e. The van der Waals surface area contributed by atoms with Crippen molar-refractivity contribution in [2.45, 2.75) is 75.2 Å². The molecule has 0 aromatic carbocycles. The topological polar surface area (TPSA) is 6.48 Å². The number of piperazine rings is 1.